The molecule has 0 aliphatic carbocycles. The molecule has 0 aliphatic heterocycles. The fourth-order valence-corrected chi connectivity index (χ4v) is 2.91. The maximum atomic E-state index is 12.5. The number of aromatic hydroxyl groups is 1. The van der Waals surface area contributed by atoms with Crippen LogP contribution >= 0.6 is 28.1 Å². The highest BCUT2D eigenvalue weighted by atomic mass is 79.9. The van der Waals surface area contributed by atoms with Gasteiger partial charge in [0.15, 0.2) is 11.5 Å². The van der Waals surface area contributed by atoms with Crippen LogP contribution in [-0.4, -0.2) is 28.1 Å². The Bertz CT molecular complexity index is 1070. The Morgan fingerprint density at radius 2 is 2.12 bits per heavy atom. The Hall–Kier alpha value is -2.45. The average Bonchev–Trinajstić information content (AvgIpc) is 2.57. The van der Waals surface area contributed by atoms with Gasteiger partial charge in [0.1, 0.15) is 0 Å². The minimum atomic E-state index is -0.310. The molecule has 1 aromatic heterocycles. The minimum absolute atomic E-state index is 0.00480. The van der Waals surface area contributed by atoms with Crippen LogP contribution in [0, 0.1) is 4.77 Å². The van der Waals surface area contributed by atoms with E-state index < -0.39 is 0 Å². The molecule has 0 fully saturated rings. The number of hydrogen-bond acceptors (Lipinski definition) is 5. The number of aromatic nitrogens is 2. The number of ether oxygens (including phenoxy) is 1. The zero-order valence-corrected chi connectivity index (χ0v) is 14.9. The van der Waals surface area contributed by atoms with Crippen LogP contribution in [-0.2, 0) is 0 Å². The first-order chi connectivity index (χ1) is 11.5. The summed E-state index contributed by atoms with van der Waals surface area (Å²) in [4.78, 5) is 15.5. The van der Waals surface area contributed by atoms with Gasteiger partial charge in [-0.2, -0.15) is 9.78 Å². The predicted molar refractivity (Wildman–Crippen MR) is 98.7 cm³/mol. The Morgan fingerprint density at radius 3 is 2.88 bits per heavy atom. The van der Waals surface area contributed by atoms with Crippen molar-refractivity contribution in [1.29, 1.82) is 0 Å². The summed E-state index contributed by atoms with van der Waals surface area (Å²) in [7, 11) is 1.45. The van der Waals surface area contributed by atoms with Gasteiger partial charge in [0.25, 0.3) is 5.56 Å². The van der Waals surface area contributed by atoms with Crippen LogP contribution in [0.4, 0.5) is 0 Å². The van der Waals surface area contributed by atoms with Gasteiger partial charge in [0.05, 0.1) is 28.7 Å². The van der Waals surface area contributed by atoms with E-state index in [2.05, 4.69) is 26.0 Å². The number of H-pyrrole nitrogens is 1. The molecule has 0 atom stereocenters. The lowest BCUT2D eigenvalue weighted by atomic mass is 10.2. The Kier molecular flexibility index (Phi) is 4.50. The standard InChI is InChI=1S/C16H12BrN3O3S/c1-23-13-7-9(6-11(17)14(13)21)8-18-20-15(22)10-4-2-3-5-12(10)19-16(20)24/h2-8,21H,1H3,(H,19,24)/b18-8+. The van der Waals surface area contributed by atoms with Crippen molar-refractivity contribution >= 4 is 45.3 Å². The van der Waals surface area contributed by atoms with Gasteiger partial charge < -0.3 is 14.8 Å². The summed E-state index contributed by atoms with van der Waals surface area (Å²) in [5.41, 5.74) is 0.981. The number of nitrogens with one attached hydrogen (secondary N) is 1. The number of methoxy groups -OCH3 is 1. The lowest BCUT2D eigenvalue weighted by Crippen LogP contribution is -2.18. The Balaban J connectivity index is 2.10. The number of benzene rings is 2. The number of hydrogen-bond donors (Lipinski definition) is 2. The monoisotopic (exact) mass is 405 g/mol. The van der Waals surface area contributed by atoms with E-state index in [-0.39, 0.29) is 16.1 Å². The Morgan fingerprint density at radius 1 is 1.38 bits per heavy atom. The van der Waals surface area contributed by atoms with Gasteiger partial charge in [-0.15, -0.1) is 0 Å². The number of aromatic amines is 1. The third-order valence-corrected chi connectivity index (χ3v) is 4.26. The van der Waals surface area contributed by atoms with Gasteiger partial charge in [0, 0.05) is 0 Å². The average molecular weight is 406 g/mol. The summed E-state index contributed by atoms with van der Waals surface area (Å²) in [6, 6.07) is 10.3. The van der Waals surface area contributed by atoms with E-state index >= 15 is 0 Å². The molecule has 122 valence electrons. The maximum Gasteiger partial charge on any atom is 0.282 e. The lowest BCUT2D eigenvalue weighted by Gasteiger charge is -2.06. The zero-order valence-electron chi connectivity index (χ0n) is 12.5. The van der Waals surface area contributed by atoms with Gasteiger partial charge >= 0.3 is 0 Å². The first-order valence-electron chi connectivity index (χ1n) is 6.86. The van der Waals surface area contributed by atoms with Gasteiger partial charge in [-0.05, 0) is 58.0 Å². The summed E-state index contributed by atoms with van der Waals surface area (Å²) in [5, 5.41) is 14.5. The van der Waals surface area contributed by atoms with Crippen LogP contribution in [0.5, 0.6) is 11.5 Å². The molecule has 6 nitrogen and oxygen atoms in total. The number of nitrogens with zero attached hydrogens (tertiary/aromatic N) is 2. The van der Waals surface area contributed by atoms with Crippen molar-refractivity contribution in [2.45, 2.75) is 0 Å². The second kappa shape index (κ2) is 6.58. The first kappa shape index (κ1) is 16.4. The highest BCUT2D eigenvalue weighted by Crippen LogP contribution is 2.34. The normalized spacial score (nSPS) is 11.2. The molecule has 2 N–H and O–H groups in total. The van der Waals surface area contributed by atoms with E-state index in [1.54, 1.807) is 30.3 Å². The van der Waals surface area contributed by atoms with Crippen LogP contribution in [0.15, 0.2) is 50.8 Å². The molecule has 8 heteroatoms. The van der Waals surface area contributed by atoms with E-state index in [1.807, 2.05) is 6.07 Å². The first-order valence-corrected chi connectivity index (χ1v) is 8.06. The fraction of sp³-hybridized carbons (Fsp3) is 0.0625. The number of halogens is 1. The molecular formula is C16H12BrN3O3S. The van der Waals surface area contributed by atoms with Crippen molar-refractivity contribution < 1.29 is 9.84 Å². The molecule has 3 aromatic rings. The zero-order chi connectivity index (χ0) is 17.3. The maximum absolute atomic E-state index is 12.5. The van der Waals surface area contributed by atoms with E-state index in [0.29, 0.717) is 26.7 Å². The van der Waals surface area contributed by atoms with Crippen molar-refractivity contribution in [3.63, 3.8) is 0 Å². The SMILES string of the molecule is COc1cc(/C=N/n2c(=S)[nH]c3ccccc3c2=O)cc(Br)c1O. The molecule has 24 heavy (non-hydrogen) atoms. The number of rotatable bonds is 3. The van der Waals surface area contributed by atoms with Crippen LogP contribution < -0.4 is 10.3 Å². The third kappa shape index (κ3) is 2.98. The third-order valence-electron chi connectivity index (χ3n) is 3.38. The molecule has 0 spiro atoms. The second-order valence-corrected chi connectivity index (χ2v) is 6.13. The smallest absolute Gasteiger partial charge is 0.282 e. The molecule has 0 amide bonds. The van der Waals surface area contributed by atoms with E-state index in [1.165, 1.54) is 13.3 Å². The van der Waals surface area contributed by atoms with E-state index in [0.717, 1.165) is 4.68 Å². The second-order valence-electron chi connectivity index (χ2n) is 4.89. The number of phenolic OH excluding ortho intramolecular Hbond substituents is 1. The number of para-hydroxylation sites is 1. The van der Waals surface area contributed by atoms with Gasteiger partial charge in [-0.3, -0.25) is 4.79 Å². The van der Waals surface area contributed by atoms with Crippen LogP contribution in [0.1, 0.15) is 5.56 Å². The van der Waals surface area contributed by atoms with Crippen molar-refractivity contribution in [3.05, 3.63) is 61.6 Å². The minimum Gasteiger partial charge on any atom is -0.503 e. The summed E-state index contributed by atoms with van der Waals surface area (Å²) in [5.74, 6) is 0.289. The largest absolute Gasteiger partial charge is 0.503 e. The molecule has 0 saturated heterocycles. The molecule has 1 heterocycles. The van der Waals surface area contributed by atoms with Gasteiger partial charge in [-0.25, -0.2) is 0 Å². The molecule has 2 aromatic carbocycles. The van der Waals surface area contributed by atoms with Gasteiger partial charge in [-0.1, -0.05) is 12.1 Å². The molecule has 0 aliphatic rings. The number of phenols is 1. The number of fused-ring (bicyclic) bond motifs is 1. The topological polar surface area (TPSA) is 79.6 Å². The van der Waals surface area contributed by atoms with Crippen LogP contribution in [0.25, 0.3) is 10.9 Å². The summed E-state index contributed by atoms with van der Waals surface area (Å²) >= 11 is 8.44. The van der Waals surface area contributed by atoms with Gasteiger partial charge in [0.2, 0.25) is 4.77 Å². The molecule has 0 saturated carbocycles. The molecule has 3 rings (SSSR count). The molecule has 0 radical (unpaired) electrons. The van der Waals surface area contributed by atoms with E-state index in [4.69, 9.17) is 17.0 Å². The molecule has 0 bridgehead atoms. The molecular weight excluding hydrogens is 394 g/mol. The molecule has 0 unspecified atom stereocenters. The van der Waals surface area contributed by atoms with Crippen molar-refractivity contribution in [2.75, 3.05) is 7.11 Å². The van der Waals surface area contributed by atoms with Crippen molar-refractivity contribution in [1.82, 2.24) is 9.66 Å². The summed E-state index contributed by atoms with van der Waals surface area (Å²) < 4.78 is 6.85. The quantitative estimate of drug-likeness (QED) is 0.516. The highest BCUT2D eigenvalue weighted by Gasteiger charge is 2.08. The Labute approximate surface area is 150 Å². The summed E-state index contributed by atoms with van der Waals surface area (Å²) in [6.07, 6.45) is 1.46. The highest BCUT2D eigenvalue weighted by molar-refractivity contribution is 9.10. The van der Waals surface area contributed by atoms with Crippen molar-refractivity contribution in [3.8, 4) is 11.5 Å². The van der Waals surface area contributed by atoms with Crippen LogP contribution in [0.3, 0.4) is 0 Å². The predicted octanol–water partition coefficient (Wildman–Crippen LogP) is 3.42. The summed E-state index contributed by atoms with van der Waals surface area (Å²) in [6.45, 7) is 0. The van der Waals surface area contributed by atoms with Crippen molar-refractivity contribution in [2.24, 2.45) is 5.10 Å². The van der Waals surface area contributed by atoms with E-state index in [9.17, 15) is 9.90 Å². The lowest BCUT2D eigenvalue weighted by molar-refractivity contribution is 0.372. The fourth-order valence-electron chi connectivity index (χ4n) is 2.21. The van der Waals surface area contributed by atoms with Crippen LogP contribution in [0.2, 0.25) is 0 Å².